The van der Waals surface area contributed by atoms with Crippen molar-refractivity contribution in [1.29, 1.82) is 0 Å². The molecule has 0 N–H and O–H groups in total. The number of rotatable bonds is 0. The van der Waals surface area contributed by atoms with E-state index in [2.05, 4.69) is 13.8 Å². The van der Waals surface area contributed by atoms with E-state index in [-0.39, 0.29) is 0 Å². The Kier molecular flexibility index (Phi) is 2.86. The lowest BCUT2D eigenvalue weighted by atomic mass is 10.3. The first kappa shape index (κ1) is 7.89. The molecule has 0 aliphatic carbocycles. The minimum Gasteiger partial charge on any atom is -0.105 e. The molecule has 1 fully saturated rings. The molecule has 0 nitrogen and oxygen atoms in total. The van der Waals surface area contributed by atoms with Gasteiger partial charge in [0.2, 0.25) is 0 Å². The molecular weight excluding hydrogens is 168 g/mol. The zero-order chi connectivity index (χ0) is 6.85. The van der Waals surface area contributed by atoms with E-state index in [1.165, 1.54) is 6.42 Å². The predicted molar refractivity (Wildman–Crippen MR) is 51.3 cm³/mol. The molecule has 1 aliphatic rings. The van der Waals surface area contributed by atoms with Crippen molar-refractivity contribution in [2.45, 2.75) is 30.8 Å². The van der Waals surface area contributed by atoms with Crippen molar-refractivity contribution < 1.29 is 0 Å². The maximum Gasteiger partial charge on any atom is 0.104 e. The summed E-state index contributed by atoms with van der Waals surface area (Å²) in [6, 6.07) is 0. The van der Waals surface area contributed by atoms with Gasteiger partial charge in [0, 0.05) is 10.5 Å². The average molecular weight is 178 g/mol. The summed E-state index contributed by atoms with van der Waals surface area (Å²) in [6.45, 7) is 4.49. The van der Waals surface area contributed by atoms with Gasteiger partial charge in [0.15, 0.2) is 0 Å². The smallest absolute Gasteiger partial charge is 0.104 e. The Hall–Kier alpha value is 0.790. The van der Waals surface area contributed by atoms with E-state index >= 15 is 0 Å². The fourth-order valence-electron chi connectivity index (χ4n) is 0.920. The van der Waals surface area contributed by atoms with Crippen molar-refractivity contribution in [3.63, 3.8) is 0 Å². The van der Waals surface area contributed by atoms with Crippen molar-refractivity contribution in [3.8, 4) is 0 Å². The molecule has 0 aromatic carbocycles. The fraction of sp³-hybridized carbons (Fsp3) is 0.833. The number of hydrogen-bond donors (Lipinski definition) is 0. The molecule has 0 spiro atoms. The van der Waals surface area contributed by atoms with Crippen LogP contribution in [-0.4, -0.2) is 14.0 Å². The molecule has 1 heterocycles. The zero-order valence-corrected chi connectivity index (χ0v) is 8.04. The van der Waals surface area contributed by atoms with Crippen molar-refractivity contribution in [2.75, 3.05) is 0 Å². The molecule has 1 aliphatic heterocycles. The standard InChI is InChI=1S/C6H10S3/c1-4-3-5(2)9-6(7)8-4/h4-5H,3H2,1-2H3. The summed E-state index contributed by atoms with van der Waals surface area (Å²) in [7, 11) is 0. The van der Waals surface area contributed by atoms with Gasteiger partial charge >= 0.3 is 0 Å². The molecule has 1 rings (SSSR count). The SMILES string of the molecule is CC1CC(C)SC(=S)S1. The van der Waals surface area contributed by atoms with E-state index in [1.807, 2.05) is 23.5 Å². The van der Waals surface area contributed by atoms with Crippen LogP contribution < -0.4 is 0 Å². The van der Waals surface area contributed by atoms with E-state index < -0.39 is 0 Å². The second-order valence-corrected chi connectivity index (χ2v) is 6.42. The van der Waals surface area contributed by atoms with Crippen LogP contribution >= 0.6 is 35.7 Å². The Morgan fingerprint density at radius 3 is 2.11 bits per heavy atom. The summed E-state index contributed by atoms with van der Waals surface area (Å²) in [5.41, 5.74) is 0. The van der Waals surface area contributed by atoms with Gasteiger partial charge in [-0.25, -0.2) is 0 Å². The van der Waals surface area contributed by atoms with Gasteiger partial charge in [0.1, 0.15) is 3.53 Å². The van der Waals surface area contributed by atoms with Gasteiger partial charge in [-0.2, -0.15) is 0 Å². The molecule has 2 unspecified atom stereocenters. The Morgan fingerprint density at radius 1 is 1.33 bits per heavy atom. The second-order valence-electron chi connectivity index (χ2n) is 2.34. The van der Waals surface area contributed by atoms with E-state index in [0.29, 0.717) is 0 Å². The van der Waals surface area contributed by atoms with Crippen LogP contribution in [-0.2, 0) is 0 Å². The lowest BCUT2D eigenvalue weighted by molar-refractivity contribution is 0.806. The highest BCUT2D eigenvalue weighted by atomic mass is 32.2. The van der Waals surface area contributed by atoms with Gasteiger partial charge < -0.3 is 0 Å². The quantitative estimate of drug-likeness (QED) is 0.524. The lowest BCUT2D eigenvalue weighted by Crippen LogP contribution is -2.14. The first-order valence-corrected chi connectivity index (χ1v) is 5.22. The Balaban J connectivity index is 2.43. The highest BCUT2D eigenvalue weighted by Gasteiger charge is 2.19. The van der Waals surface area contributed by atoms with Crippen LogP contribution in [0.2, 0.25) is 0 Å². The second kappa shape index (κ2) is 3.26. The van der Waals surface area contributed by atoms with Crippen molar-refractivity contribution in [1.82, 2.24) is 0 Å². The van der Waals surface area contributed by atoms with Crippen LogP contribution in [0, 0.1) is 0 Å². The Labute approximate surface area is 70.2 Å². The van der Waals surface area contributed by atoms with Crippen LogP contribution in [0.3, 0.4) is 0 Å². The molecule has 0 amide bonds. The summed E-state index contributed by atoms with van der Waals surface area (Å²) in [4.78, 5) is 0. The van der Waals surface area contributed by atoms with Crippen molar-refractivity contribution in [3.05, 3.63) is 0 Å². The maximum atomic E-state index is 5.09. The largest absolute Gasteiger partial charge is 0.105 e. The average Bonchev–Trinajstić information content (AvgIpc) is 1.59. The zero-order valence-electron chi connectivity index (χ0n) is 5.59. The minimum atomic E-state index is 0.744. The number of hydrogen-bond acceptors (Lipinski definition) is 3. The highest BCUT2D eigenvalue weighted by molar-refractivity contribution is 8.47. The van der Waals surface area contributed by atoms with Gasteiger partial charge in [-0.05, 0) is 6.42 Å². The van der Waals surface area contributed by atoms with Gasteiger partial charge in [0.25, 0.3) is 0 Å². The first-order chi connectivity index (χ1) is 4.18. The van der Waals surface area contributed by atoms with Crippen molar-refractivity contribution >= 4 is 39.3 Å². The summed E-state index contributed by atoms with van der Waals surface area (Å²) >= 11 is 8.76. The first-order valence-electron chi connectivity index (χ1n) is 3.05. The van der Waals surface area contributed by atoms with Crippen LogP contribution in [0.5, 0.6) is 0 Å². The number of thioether (sulfide) groups is 2. The molecule has 0 bridgehead atoms. The van der Waals surface area contributed by atoms with Crippen LogP contribution in [0.15, 0.2) is 0 Å². The van der Waals surface area contributed by atoms with E-state index in [0.717, 1.165) is 14.0 Å². The van der Waals surface area contributed by atoms with E-state index in [9.17, 15) is 0 Å². The number of thiocarbonyl (C=S) groups is 1. The molecule has 3 heteroatoms. The predicted octanol–water partition coefficient (Wildman–Crippen LogP) is 2.92. The lowest BCUT2D eigenvalue weighted by Gasteiger charge is -2.22. The van der Waals surface area contributed by atoms with Crippen LogP contribution in [0.25, 0.3) is 0 Å². The summed E-state index contributed by atoms with van der Waals surface area (Å²) in [5.74, 6) is 0. The summed E-state index contributed by atoms with van der Waals surface area (Å²) in [6.07, 6.45) is 1.30. The van der Waals surface area contributed by atoms with Gasteiger partial charge in [-0.15, -0.1) is 23.5 Å². The molecule has 52 valence electrons. The molecular formula is C6H10S3. The third kappa shape index (κ3) is 2.48. The molecule has 0 saturated carbocycles. The summed E-state index contributed by atoms with van der Waals surface area (Å²) in [5, 5.41) is 1.49. The van der Waals surface area contributed by atoms with Crippen LogP contribution in [0.1, 0.15) is 20.3 Å². The normalized spacial score (nSPS) is 36.9. The van der Waals surface area contributed by atoms with E-state index in [4.69, 9.17) is 12.2 Å². The van der Waals surface area contributed by atoms with Gasteiger partial charge in [0.05, 0.1) is 0 Å². The fourth-order valence-corrected chi connectivity index (χ4v) is 4.66. The topological polar surface area (TPSA) is 0 Å². The maximum absolute atomic E-state index is 5.09. The molecule has 9 heavy (non-hydrogen) atoms. The molecule has 0 aromatic rings. The van der Waals surface area contributed by atoms with Gasteiger partial charge in [-0.3, -0.25) is 0 Å². The third-order valence-electron chi connectivity index (χ3n) is 1.26. The monoisotopic (exact) mass is 178 g/mol. The van der Waals surface area contributed by atoms with Crippen LogP contribution in [0.4, 0.5) is 0 Å². The summed E-state index contributed by atoms with van der Waals surface area (Å²) < 4.78 is 1.13. The van der Waals surface area contributed by atoms with Crippen molar-refractivity contribution in [2.24, 2.45) is 0 Å². The Bertz CT molecular complexity index is 109. The highest BCUT2D eigenvalue weighted by Crippen LogP contribution is 2.35. The molecule has 0 radical (unpaired) electrons. The molecule has 0 aromatic heterocycles. The van der Waals surface area contributed by atoms with E-state index in [1.54, 1.807) is 0 Å². The minimum absolute atomic E-state index is 0.744. The van der Waals surface area contributed by atoms with Gasteiger partial charge in [-0.1, -0.05) is 26.1 Å². The Morgan fingerprint density at radius 2 is 1.78 bits per heavy atom. The molecule has 1 saturated heterocycles. The third-order valence-corrected chi connectivity index (χ3v) is 3.99. The molecule has 2 atom stereocenters.